The molecule has 0 unspecified atom stereocenters. The number of nitrogens with zero attached hydrogens (tertiary/aromatic N) is 2. The SMILES string of the molecule is Cc1cc(Oc2nccc(C(=O)O)c2F)ccc1[N+](=O)[O-]. The Morgan fingerprint density at radius 3 is 2.71 bits per heavy atom. The van der Waals surface area contributed by atoms with Crippen molar-refractivity contribution in [3.05, 3.63) is 57.5 Å². The second kappa shape index (κ2) is 5.53. The molecule has 0 aliphatic rings. The molecule has 8 heteroatoms. The number of halogens is 1. The first-order valence-corrected chi connectivity index (χ1v) is 5.71. The van der Waals surface area contributed by atoms with Crippen LogP contribution in [0, 0.1) is 22.9 Å². The van der Waals surface area contributed by atoms with Crippen molar-refractivity contribution >= 4 is 11.7 Å². The van der Waals surface area contributed by atoms with E-state index in [9.17, 15) is 19.3 Å². The highest BCUT2D eigenvalue weighted by Gasteiger charge is 2.18. The van der Waals surface area contributed by atoms with Crippen molar-refractivity contribution in [3.63, 3.8) is 0 Å². The van der Waals surface area contributed by atoms with Crippen LogP contribution in [0.2, 0.25) is 0 Å². The highest BCUT2D eigenvalue weighted by molar-refractivity contribution is 5.88. The summed E-state index contributed by atoms with van der Waals surface area (Å²) in [7, 11) is 0. The van der Waals surface area contributed by atoms with Crippen LogP contribution in [0.5, 0.6) is 11.6 Å². The summed E-state index contributed by atoms with van der Waals surface area (Å²) in [4.78, 5) is 24.6. The number of carboxylic acid groups (broad SMARTS) is 1. The summed E-state index contributed by atoms with van der Waals surface area (Å²) in [6, 6.07) is 4.83. The topological polar surface area (TPSA) is 103 Å². The van der Waals surface area contributed by atoms with Gasteiger partial charge in [0, 0.05) is 17.8 Å². The molecule has 0 radical (unpaired) electrons. The Morgan fingerprint density at radius 1 is 1.43 bits per heavy atom. The van der Waals surface area contributed by atoms with Crippen LogP contribution in [0.3, 0.4) is 0 Å². The van der Waals surface area contributed by atoms with Gasteiger partial charge >= 0.3 is 5.97 Å². The molecule has 0 spiro atoms. The Bertz CT molecular complexity index is 732. The Kier molecular flexibility index (Phi) is 3.79. The van der Waals surface area contributed by atoms with Crippen molar-refractivity contribution in [2.45, 2.75) is 6.92 Å². The van der Waals surface area contributed by atoms with Gasteiger partial charge in [-0.15, -0.1) is 0 Å². The van der Waals surface area contributed by atoms with E-state index in [1.54, 1.807) is 0 Å². The molecule has 2 rings (SSSR count). The van der Waals surface area contributed by atoms with Gasteiger partial charge in [0.2, 0.25) is 0 Å². The highest BCUT2D eigenvalue weighted by Crippen LogP contribution is 2.28. The fourth-order valence-corrected chi connectivity index (χ4v) is 1.67. The summed E-state index contributed by atoms with van der Waals surface area (Å²) >= 11 is 0. The van der Waals surface area contributed by atoms with E-state index in [1.165, 1.54) is 25.1 Å². The van der Waals surface area contributed by atoms with Gasteiger partial charge in [-0.05, 0) is 25.1 Å². The zero-order chi connectivity index (χ0) is 15.6. The van der Waals surface area contributed by atoms with E-state index >= 15 is 0 Å². The molecule has 0 bridgehead atoms. The molecule has 2 aromatic rings. The molecule has 1 aromatic carbocycles. The van der Waals surface area contributed by atoms with Crippen molar-refractivity contribution in [3.8, 4) is 11.6 Å². The molecule has 1 N–H and O–H groups in total. The van der Waals surface area contributed by atoms with Crippen LogP contribution < -0.4 is 4.74 Å². The van der Waals surface area contributed by atoms with E-state index in [0.29, 0.717) is 5.56 Å². The summed E-state index contributed by atoms with van der Waals surface area (Å²) < 4.78 is 19.0. The second-order valence-electron chi connectivity index (χ2n) is 4.09. The number of hydrogen-bond acceptors (Lipinski definition) is 5. The predicted octanol–water partition coefficient (Wildman–Crippen LogP) is 2.93. The number of aryl methyl sites for hydroxylation is 1. The van der Waals surface area contributed by atoms with E-state index in [1.807, 2.05) is 0 Å². The number of aromatic nitrogens is 1. The Balaban J connectivity index is 2.35. The first-order valence-electron chi connectivity index (χ1n) is 5.71. The average molecular weight is 292 g/mol. The molecule has 0 fully saturated rings. The van der Waals surface area contributed by atoms with E-state index in [0.717, 1.165) is 12.3 Å². The third-order valence-corrected chi connectivity index (χ3v) is 2.67. The first kappa shape index (κ1) is 14.4. The Labute approximate surface area is 117 Å². The number of nitro benzene ring substituents is 1. The lowest BCUT2D eigenvalue weighted by Gasteiger charge is -2.07. The summed E-state index contributed by atoms with van der Waals surface area (Å²) in [5, 5.41) is 19.5. The fraction of sp³-hybridized carbons (Fsp3) is 0.0769. The molecule has 7 nitrogen and oxygen atoms in total. The number of hydrogen-bond donors (Lipinski definition) is 1. The number of ether oxygens (including phenoxy) is 1. The van der Waals surface area contributed by atoms with Crippen LogP contribution in [-0.4, -0.2) is 21.0 Å². The van der Waals surface area contributed by atoms with Gasteiger partial charge in [-0.25, -0.2) is 14.2 Å². The molecule has 0 aliphatic heterocycles. The Morgan fingerprint density at radius 2 is 2.14 bits per heavy atom. The van der Waals surface area contributed by atoms with E-state index in [-0.39, 0.29) is 11.4 Å². The lowest BCUT2D eigenvalue weighted by molar-refractivity contribution is -0.385. The molecular formula is C13H9FN2O5. The van der Waals surface area contributed by atoms with Crippen LogP contribution >= 0.6 is 0 Å². The maximum absolute atomic E-state index is 13.8. The number of aromatic carboxylic acids is 1. The molecule has 1 aromatic heterocycles. The minimum absolute atomic E-state index is 0.102. The third-order valence-electron chi connectivity index (χ3n) is 2.67. The zero-order valence-electron chi connectivity index (χ0n) is 10.7. The maximum Gasteiger partial charge on any atom is 0.338 e. The number of carbonyl (C=O) groups is 1. The first-order chi connectivity index (χ1) is 9.90. The fourth-order valence-electron chi connectivity index (χ4n) is 1.67. The molecule has 0 saturated heterocycles. The van der Waals surface area contributed by atoms with E-state index in [4.69, 9.17) is 9.84 Å². The maximum atomic E-state index is 13.8. The van der Waals surface area contributed by atoms with Gasteiger partial charge in [-0.3, -0.25) is 10.1 Å². The zero-order valence-corrected chi connectivity index (χ0v) is 10.7. The number of benzene rings is 1. The van der Waals surface area contributed by atoms with Crippen LogP contribution in [0.25, 0.3) is 0 Å². The predicted molar refractivity (Wildman–Crippen MR) is 69.1 cm³/mol. The number of nitro groups is 1. The van der Waals surface area contributed by atoms with Crippen molar-refractivity contribution in [1.29, 1.82) is 0 Å². The molecule has 0 amide bonds. The van der Waals surface area contributed by atoms with Crippen LogP contribution in [0.1, 0.15) is 15.9 Å². The van der Waals surface area contributed by atoms with Gasteiger partial charge in [0.1, 0.15) is 11.3 Å². The van der Waals surface area contributed by atoms with Crippen LogP contribution in [0.15, 0.2) is 30.5 Å². The monoisotopic (exact) mass is 292 g/mol. The van der Waals surface area contributed by atoms with E-state index < -0.39 is 28.2 Å². The summed E-state index contributed by atoms with van der Waals surface area (Å²) in [6.07, 6.45) is 1.10. The van der Waals surface area contributed by atoms with Gasteiger partial charge in [-0.1, -0.05) is 0 Å². The molecule has 21 heavy (non-hydrogen) atoms. The normalized spacial score (nSPS) is 10.2. The van der Waals surface area contributed by atoms with Gasteiger partial charge in [0.25, 0.3) is 11.6 Å². The van der Waals surface area contributed by atoms with Crippen molar-refractivity contribution in [1.82, 2.24) is 4.98 Å². The quantitative estimate of drug-likeness (QED) is 0.686. The Hall–Kier alpha value is -3.03. The standard InChI is InChI=1S/C13H9FN2O5/c1-7-6-8(2-3-10(7)16(19)20)21-12-11(14)9(13(17)18)4-5-15-12/h2-6H,1H3,(H,17,18). The summed E-state index contributed by atoms with van der Waals surface area (Å²) in [6.45, 7) is 1.50. The van der Waals surface area contributed by atoms with Gasteiger partial charge in [0.05, 0.1) is 4.92 Å². The van der Waals surface area contributed by atoms with Crippen molar-refractivity contribution in [2.24, 2.45) is 0 Å². The highest BCUT2D eigenvalue weighted by atomic mass is 19.1. The number of carboxylic acids is 1. The molecular weight excluding hydrogens is 283 g/mol. The molecule has 0 saturated carbocycles. The second-order valence-corrected chi connectivity index (χ2v) is 4.09. The number of pyridine rings is 1. The smallest absolute Gasteiger partial charge is 0.338 e. The average Bonchev–Trinajstić information content (AvgIpc) is 2.40. The molecule has 0 atom stereocenters. The van der Waals surface area contributed by atoms with Gasteiger partial charge in [0.15, 0.2) is 5.82 Å². The van der Waals surface area contributed by atoms with Gasteiger partial charge < -0.3 is 9.84 Å². The largest absolute Gasteiger partial charge is 0.478 e. The molecule has 0 aliphatic carbocycles. The van der Waals surface area contributed by atoms with Crippen molar-refractivity contribution < 1.29 is 24.0 Å². The summed E-state index contributed by atoms with van der Waals surface area (Å²) in [5.41, 5.74) is -0.346. The van der Waals surface area contributed by atoms with Crippen LogP contribution in [-0.2, 0) is 0 Å². The molecule has 108 valence electrons. The van der Waals surface area contributed by atoms with Crippen molar-refractivity contribution in [2.75, 3.05) is 0 Å². The van der Waals surface area contributed by atoms with Crippen LogP contribution in [0.4, 0.5) is 10.1 Å². The lowest BCUT2D eigenvalue weighted by Crippen LogP contribution is -2.03. The van der Waals surface area contributed by atoms with Gasteiger partial charge in [-0.2, -0.15) is 0 Å². The minimum Gasteiger partial charge on any atom is -0.478 e. The minimum atomic E-state index is -1.44. The molecule has 1 heterocycles. The van der Waals surface area contributed by atoms with E-state index in [2.05, 4.69) is 4.98 Å². The number of rotatable bonds is 4. The summed E-state index contributed by atoms with van der Waals surface area (Å²) in [5.74, 6) is -2.95. The lowest BCUT2D eigenvalue weighted by atomic mass is 10.2. The third kappa shape index (κ3) is 2.94.